The summed E-state index contributed by atoms with van der Waals surface area (Å²) in [6.07, 6.45) is 1.15. The van der Waals surface area contributed by atoms with E-state index < -0.39 is 0 Å². The van der Waals surface area contributed by atoms with Crippen LogP contribution < -0.4 is 0 Å². The molecule has 0 unspecified atom stereocenters. The molecule has 74 valence electrons. The van der Waals surface area contributed by atoms with Gasteiger partial charge >= 0.3 is 0 Å². The van der Waals surface area contributed by atoms with Crippen LogP contribution in [0.3, 0.4) is 0 Å². The monoisotopic (exact) mass is 178 g/mol. The minimum absolute atomic E-state index is 1.15. The second-order valence-corrected chi connectivity index (χ2v) is 3.16. The van der Waals surface area contributed by atoms with E-state index in [0.29, 0.717) is 0 Å². The maximum Gasteiger partial charge on any atom is -0.0302 e. The third-order valence-electron chi connectivity index (χ3n) is 2.46. The molecule has 1 rings (SSSR count). The maximum absolute atomic E-state index is 2.22. The van der Waals surface area contributed by atoms with Gasteiger partial charge in [0.25, 0.3) is 0 Å². The van der Waals surface area contributed by atoms with Crippen molar-refractivity contribution in [2.75, 3.05) is 0 Å². The van der Waals surface area contributed by atoms with Crippen molar-refractivity contribution >= 4 is 0 Å². The van der Waals surface area contributed by atoms with Gasteiger partial charge in [0.2, 0.25) is 0 Å². The molecule has 0 heteroatoms. The second-order valence-electron chi connectivity index (χ2n) is 3.16. The molecule has 0 N–H and O–H groups in total. The van der Waals surface area contributed by atoms with Gasteiger partial charge in [-0.2, -0.15) is 0 Å². The van der Waals surface area contributed by atoms with Gasteiger partial charge in [-0.3, -0.25) is 0 Å². The summed E-state index contributed by atoms with van der Waals surface area (Å²) in [6.45, 7) is 12.8. The molecule has 0 aliphatic heterocycles. The quantitative estimate of drug-likeness (QED) is 0.604. The van der Waals surface area contributed by atoms with Crippen LogP contribution in [0.2, 0.25) is 0 Å². The Morgan fingerprint density at radius 1 is 0.923 bits per heavy atom. The fourth-order valence-corrected chi connectivity index (χ4v) is 1.55. The Labute approximate surface area is 83.0 Å². The Bertz CT molecular complexity index is 259. The summed E-state index contributed by atoms with van der Waals surface area (Å²) < 4.78 is 0. The lowest BCUT2D eigenvalue weighted by Gasteiger charge is -2.09. The van der Waals surface area contributed by atoms with E-state index in [1.807, 2.05) is 13.8 Å². The van der Waals surface area contributed by atoms with Crippen LogP contribution >= 0.6 is 0 Å². The molecule has 0 nitrogen and oxygen atoms in total. The van der Waals surface area contributed by atoms with Gasteiger partial charge in [-0.15, -0.1) is 0 Å². The molecule has 0 spiro atoms. The first-order valence-electron chi connectivity index (χ1n) is 5.22. The summed E-state index contributed by atoms with van der Waals surface area (Å²) in [7, 11) is 0. The molecule has 0 aliphatic rings. The van der Waals surface area contributed by atoms with E-state index in [2.05, 4.69) is 39.8 Å². The molecule has 1 aromatic carbocycles. The fraction of sp³-hybridized carbons (Fsp3) is 0.538. The van der Waals surface area contributed by atoms with Crippen molar-refractivity contribution in [2.45, 2.75) is 48.0 Å². The van der Waals surface area contributed by atoms with Crippen molar-refractivity contribution in [1.82, 2.24) is 0 Å². The summed E-state index contributed by atoms with van der Waals surface area (Å²) in [5.74, 6) is 0. The van der Waals surface area contributed by atoms with E-state index in [0.717, 1.165) is 6.42 Å². The van der Waals surface area contributed by atoms with E-state index in [4.69, 9.17) is 0 Å². The first kappa shape index (κ1) is 12.2. The molecule has 0 radical (unpaired) electrons. The van der Waals surface area contributed by atoms with Crippen LogP contribution in [0.1, 0.15) is 43.0 Å². The number of benzene rings is 1. The Morgan fingerprint density at radius 3 is 1.77 bits per heavy atom. The lowest BCUT2D eigenvalue weighted by molar-refractivity contribution is 1.07. The lowest BCUT2D eigenvalue weighted by atomic mass is 9.97. The minimum atomic E-state index is 1.15. The van der Waals surface area contributed by atoms with Gasteiger partial charge in [-0.05, 0) is 49.4 Å². The van der Waals surface area contributed by atoms with Gasteiger partial charge in [0.15, 0.2) is 0 Å². The average molecular weight is 178 g/mol. The van der Waals surface area contributed by atoms with Crippen molar-refractivity contribution in [3.8, 4) is 0 Å². The zero-order chi connectivity index (χ0) is 10.4. The standard InChI is InChI=1S/C11H16.C2H6/c1-5-11-9(3)7-6-8(2)10(11)4;1-2/h6-7H,5H2,1-4H3;1-2H3. The van der Waals surface area contributed by atoms with E-state index in [1.165, 1.54) is 22.3 Å². The predicted octanol–water partition coefficient (Wildman–Crippen LogP) is 4.20. The molecule has 1 aromatic rings. The van der Waals surface area contributed by atoms with Gasteiger partial charge in [-0.1, -0.05) is 32.9 Å². The van der Waals surface area contributed by atoms with Crippen LogP contribution in [-0.2, 0) is 6.42 Å². The number of hydrogen-bond acceptors (Lipinski definition) is 0. The maximum atomic E-state index is 2.22. The average Bonchev–Trinajstić information content (AvgIpc) is 2.16. The van der Waals surface area contributed by atoms with Crippen LogP contribution in [0.4, 0.5) is 0 Å². The normalized spacial score (nSPS) is 9.08. The van der Waals surface area contributed by atoms with E-state index >= 15 is 0 Å². The smallest absolute Gasteiger partial charge is 0.0302 e. The van der Waals surface area contributed by atoms with Crippen molar-refractivity contribution in [3.63, 3.8) is 0 Å². The topological polar surface area (TPSA) is 0 Å². The van der Waals surface area contributed by atoms with Gasteiger partial charge in [-0.25, -0.2) is 0 Å². The van der Waals surface area contributed by atoms with Gasteiger partial charge < -0.3 is 0 Å². The zero-order valence-electron chi connectivity index (χ0n) is 9.86. The lowest BCUT2D eigenvalue weighted by Crippen LogP contribution is -1.93. The first-order valence-corrected chi connectivity index (χ1v) is 5.22. The minimum Gasteiger partial charge on any atom is -0.0683 e. The molecule has 0 atom stereocenters. The molecule has 13 heavy (non-hydrogen) atoms. The van der Waals surface area contributed by atoms with Gasteiger partial charge in [0, 0.05) is 0 Å². The third-order valence-corrected chi connectivity index (χ3v) is 2.46. The van der Waals surface area contributed by atoms with Crippen LogP contribution in [0.15, 0.2) is 12.1 Å². The van der Waals surface area contributed by atoms with Crippen molar-refractivity contribution in [1.29, 1.82) is 0 Å². The van der Waals surface area contributed by atoms with E-state index in [-0.39, 0.29) is 0 Å². The van der Waals surface area contributed by atoms with Crippen molar-refractivity contribution in [2.24, 2.45) is 0 Å². The Hall–Kier alpha value is -0.780. The molecule has 0 fully saturated rings. The third kappa shape index (κ3) is 2.87. The Morgan fingerprint density at radius 2 is 1.38 bits per heavy atom. The second kappa shape index (κ2) is 5.80. The molecule has 0 saturated heterocycles. The number of aryl methyl sites for hydroxylation is 2. The summed E-state index contributed by atoms with van der Waals surface area (Å²) >= 11 is 0. The van der Waals surface area contributed by atoms with E-state index in [1.54, 1.807) is 0 Å². The Kier molecular flexibility index (Phi) is 5.45. The van der Waals surface area contributed by atoms with Gasteiger partial charge in [0.05, 0.1) is 0 Å². The number of hydrogen-bond donors (Lipinski definition) is 0. The summed E-state index contributed by atoms with van der Waals surface area (Å²) in [6, 6.07) is 4.41. The molecule has 0 aliphatic carbocycles. The summed E-state index contributed by atoms with van der Waals surface area (Å²) in [5, 5.41) is 0. The molecular formula is C13H22. The zero-order valence-corrected chi connectivity index (χ0v) is 9.86. The van der Waals surface area contributed by atoms with Crippen LogP contribution in [-0.4, -0.2) is 0 Å². The summed E-state index contributed by atoms with van der Waals surface area (Å²) in [4.78, 5) is 0. The Balaban J connectivity index is 0.000000671. The van der Waals surface area contributed by atoms with Crippen molar-refractivity contribution in [3.05, 3.63) is 34.4 Å². The first-order chi connectivity index (χ1) is 6.16. The largest absolute Gasteiger partial charge is 0.0683 e. The number of rotatable bonds is 1. The van der Waals surface area contributed by atoms with Crippen LogP contribution in [0, 0.1) is 20.8 Å². The molecular weight excluding hydrogens is 156 g/mol. The highest BCUT2D eigenvalue weighted by atomic mass is 14.1. The van der Waals surface area contributed by atoms with Crippen molar-refractivity contribution < 1.29 is 0 Å². The highest BCUT2D eigenvalue weighted by Gasteiger charge is 2.01. The molecule has 0 saturated carbocycles. The fourth-order valence-electron chi connectivity index (χ4n) is 1.55. The molecule has 0 heterocycles. The SMILES string of the molecule is CC.CCc1c(C)ccc(C)c1C. The molecule has 0 bridgehead atoms. The van der Waals surface area contributed by atoms with Gasteiger partial charge in [0.1, 0.15) is 0 Å². The van der Waals surface area contributed by atoms with Crippen LogP contribution in [0.25, 0.3) is 0 Å². The predicted molar refractivity (Wildman–Crippen MR) is 61.4 cm³/mol. The highest BCUT2D eigenvalue weighted by molar-refractivity contribution is 5.38. The van der Waals surface area contributed by atoms with E-state index in [9.17, 15) is 0 Å². The van der Waals surface area contributed by atoms with Crippen LogP contribution in [0.5, 0.6) is 0 Å². The molecule has 0 amide bonds. The summed E-state index contributed by atoms with van der Waals surface area (Å²) in [5.41, 5.74) is 5.82. The molecule has 0 aromatic heterocycles. The highest BCUT2D eigenvalue weighted by Crippen LogP contribution is 2.17.